The number of aryl methyl sites for hydroxylation is 1. The monoisotopic (exact) mass is 321 g/mol. The number of rotatable bonds is 3. The Morgan fingerprint density at radius 3 is 2.50 bits per heavy atom. The van der Waals surface area contributed by atoms with E-state index in [0.29, 0.717) is 11.5 Å². The summed E-state index contributed by atoms with van der Waals surface area (Å²) in [4.78, 5) is 12.6. The Morgan fingerprint density at radius 1 is 1.18 bits per heavy atom. The quantitative estimate of drug-likeness (QED) is 0.880. The van der Waals surface area contributed by atoms with Crippen LogP contribution < -0.4 is 10.6 Å². The van der Waals surface area contributed by atoms with Crippen molar-refractivity contribution >= 4 is 22.4 Å². The molecule has 1 aromatic heterocycles. The van der Waals surface area contributed by atoms with Gasteiger partial charge in [-0.25, -0.2) is 0 Å². The fourth-order valence-corrected chi connectivity index (χ4v) is 4.98. The fraction of sp³-hybridized carbons (Fsp3) is 0.765. The molecule has 1 heterocycles. The average molecular weight is 321 g/mol. The second kappa shape index (κ2) is 6.57. The summed E-state index contributed by atoms with van der Waals surface area (Å²) in [5.74, 6) is 0.0418. The molecule has 0 saturated heterocycles. The minimum absolute atomic E-state index is 0.0418. The molecular formula is C17H27N3OS. The van der Waals surface area contributed by atoms with Crippen molar-refractivity contribution in [2.75, 3.05) is 12.4 Å². The fourth-order valence-electron chi connectivity index (χ4n) is 4.24. The number of hydrogen-bond acceptors (Lipinski definition) is 4. The lowest BCUT2D eigenvalue weighted by Crippen LogP contribution is -2.41. The van der Waals surface area contributed by atoms with Crippen LogP contribution in [-0.2, 0) is 0 Å². The van der Waals surface area contributed by atoms with Gasteiger partial charge in [0.25, 0.3) is 5.91 Å². The molecule has 0 radical (unpaired) electrons. The summed E-state index contributed by atoms with van der Waals surface area (Å²) in [6.07, 6.45) is 11.9. The van der Waals surface area contributed by atoms with Crippen molar-refractivity contribution in [1.29, 1.82) is 0 Å². The summed E-state index contributed by atoms with van der Waals surface area (Å²) >= 11 is 1.36. The van der Waals surface area contributed by atoms with Crippen molar-refractivity contribution in [1.82, 2.24) is 9.69 Å². The van der Waals surface area contributed by atoms with E-state index in [1.165, 1.54) is 56.5 Å². The van der Waals surface area contributed by atoms with E-state index in [9.17, 15) is 4.79 Å². The van der Waals surface area contributed by atoms with Gasteiger partial charge in [-0.2, -0.15) is 4.37 Å². The molecule has 0 aliphatic heterocycles. The summed E-state index contributed by atoms with van der Waals surface area (Å²) in [5, 5.41) is 7.19. The summed E-state index contributed by atoms with van der Waals surface area (Å²) in [6.45, 7) is 1.91. The first-order valence-electron chi connectivity index (χ1n) is 8.58. The number of nitrogens with one attached hydrogen (secondary N) is 2. The van der Waals surface area contributed by atoms with Crippen molar-refractivity contribution in [3.8, 4) is 0 Å². The molecule has 0 bridgehead atoms. The number of nitrogens with zero attached hydrogens (tertiary/aromatic N) is 1. The Kier molecular flexibility index (Phi) is 4.71. The highest BCUT2D eigenvalue weighted by Crippen LogP contribution is 2.47. The van der Waals surface area contributed by atoms with Crippen molar-refractivity contribution < 1.29 is 4.79 Å². The van der Waals surface area contributed by atoms with Crippen LogP contribution in [0.3, 0.4) is 0 Å². The summed E-state index contributed by atoms with van der Waals surface area (Å²) in [5.41, 5.74) is 2.16. The van der Waals surface area contributed by atoms with Crippen molar-refractivity contribution in [2.45, 2.75) is 70.8 Å². The van der Waals surface area contributed by atoms with E-state index in [1.807, 2.05) is 14.0 Å². The number of anilines is 1. The molecule has 2 aliphatic rings. The minimum atomic E-state index is 0.0418. The molecule has 5 heteroatoms. The van der Waals surface area contributed by atoms with Crippen LogP contribution in [0.4, 0.5) is 5.00 Å². The van der Waals surface area contributed by atoms with E-state index >= 15 is 0 Å². The zero-order valence-electron chi connectivity index (χ0n) is 13.7. The molecular weight excluding hydrogens is 294 g/mol. The summed E-state index contributed by atoms with van der Waals surface area (Å²) < 4.78 is 4.29. The highest BCUT2D eigenvalue weighted by Gasteiger charge is 2.36. The van der Waals surface area contributed by atoms with Crippen LogP contribution >= 0.6 is 11.5 Å². The van der Waals surface area contributed by atoms with Gasteiger partial charge in [-0.1, -0.05) is 19.3 Å². The van der Waals surface area contributed by atoms with Crippen LogP contribution in [0.1, 0.15) is 73.8 Å². The summed E-state index contributed by atoms with van der Waals surface area (Å²) in [7, 11) is 1.84. The molecule has 2 saturated carbocycles. The first kappa shape index (κ1) is 15.8. The van der Waals surface area contributed by atoms with Gasteiger partial charge in [-0.15, -0.1) is 0 Å². The van der Waals surface area contributed by atoms with Gasteiger partial charge in [-0.3, -0.25) is 4.79 Å². The average Bonchev–Trinajstić information content (AvgIpc) is 2.92. The third-order valence-electron chi connectivity index (χ3n) is 5.61. The highest BCUT2D eigenvalue weighted by molar-refractivity contribution is 7.10. The van der Waals surface area contributed by atoms with Gasteiger partial charge in [0.2, 0.25) is 0 Å². The van der Waals surface area contributed by atoms with Crippen LogP contribution in [0, 0.1) is 12.3 Å². The first-order chi connectivity index (χ1) is 10.6. The zero-order valence-corrected chi connectivity index (χ0v) is 14.5. The van der Waals surface area contributed by atoms with E-state index in [2.05, 4.69) is 15.0 Å². The number of amides is 1. The van der Waals surface area contributed by atoms with Gasteiger partial charge in [0.05, 0.1) is 11.3 Å². The summed E-state index contributed by atoms with van der Waals surface area (Å²) in [6, 6.07) is 0.337. The van der Waals surface area contributed by atoms with E-state index in [4.69, 9.17) is 0 Å². The highest BCUT2D eigenvalue weighted by atomic mass is 32.1. The Morgan fingerprint density at radius 2 is 1.86 bits per heavy atom. The lowest BCUT2D eigenvalue weighted by Gasteiger charge is -2.43. The molecule has 0 atom stereocenters. The Labute approximate surface area is 137 Å². The van der Waals surface area contributed by atoms with Crippen LogP contribution in [0.5, 0.6) is 0 Å². The Hall–Kier alpha value is -1.10. The number of carbonyl (C=O) groups is 1. The van der Waals surface area contributed by atoms with Gasteiger partial charge in [0.1, 0.15) is 5.00 Å². The molecule has 2 aliphatic carbocycles. The molecule has 22 heavy (non-hydrogen) atoms. The molecule has 1 amide bonds. The van der Waals surface area contributed by atoms with Gasteiger partial charge in [0, 0.05) is 13.1 Å². The molecule has 2 fully saturated rings. The van der Waals surface area contributed by atoms with E-state index < -0.39 is 0 Å². The maximum atomic E-state index is 12.6. The van der Waals surface area contributed by atoms with E-state index in [0.717, 1.165) is 29.1 Å². The first-order valence-corrected chi connectivity index (χ1v) is 9.36. The smallest absolute Gasteiger partial charge is 0.256 e. The lowest BCUT2D eigenvalue weighted by atomic mass is 9.64. The third-order valence-corrected chi connectivity index (χ3v) is 6.57. The SMILES string of the molecule is CNc1snc(C)c1C(=O)NC1CCC2(CCCCC2)CC1. The predicted molar refractivity (Wildman–Crippen MR) is 91.6 cm³/mol. The molecule has 0 unspecified atom stereocenters. The van der Waals surface area contributed by atoms with Gasteiger partial charge in [0.15, 0.2) is 0 Å². The zero-order chi connectivity index (χ0) is 15.6. The van der Waals surface area contributed by atoms with E-state index in [1.54, 1.807) is 0 Å². The largest absolute Gasteiger partial charge is 0.378 e. The Bertz CT molecular complexity index is 524. The van der Waals surface area contributed by atoms with Gasteiger partial charge < -0.3 is 10.6 Å². The third kappa shape index (κ3) is 3.14. The standard InChI is InChI=1S/C17H27N3OS/c1-12-14(16(18-2)22-20-12)15(21)19-13-6-10-17(11-7-13)8-4-3-5-9-17/h13,18H,3-11H2,1-2H3,(H,19,21). The van der Waals surface area contributed by atoms with Crippen LogP contribution in [0.2, 0.25) is 0 Å². The van der Waals surface area contributed by atoms with Crippen molar-refractivity contribution in [2.24, 2.45) is 5.41 Å². The maximum Gasteiger partial charge on any atom is 0.256 e. The molecule has 1 spiro atoms. The van der Waals surface area contributed by atoms with Gasteiger partial charge in [-0.05, 0) is 62.4 Å². The van der Waals surface area contributed by atoms with Crippen molar-refractivity contribution in [3.63, 3.8) is 0 Å². The van der Waals surface area contributed by atoms with Crippen LogP contribution in [0.25, 0.3) is 0 Å². The molecule has 4 nitrogen and oxygen atoms in total. The van der Waals surface area contributed by atoms with Crippen LogP contribution in [0.15, 0.2) is 0 Å². The lowest BCUT2D eigenvalue weighted by molar-refractivity contribution is 0.0836. The Balaban J connectivity index is 1.58. The van der Waals surface area contributed by atoms with Gasteiger partial charge >= 0.3 is 0 Å². The molecule has 2 N–H and O–H groups in total. The van der Waals surface area contributed by atoms with E-state index in [-0.39, 0.29) is 5.91 Å². The van der Waals surface area contributed by atoms with Crippen LogP contribution in [-0.4, -0.2) is 23.4 Å². The second-order valence-corrected chi connectivity index (χ2v) is 7.80. The topological polar surface area (TPSA) is 54.0 Å². The number of hydrogen-bond donors (Lipinski definition) is 2. The molecule has 3 rings (SSSR count). The molecule has 1 aromatic rings. The predicted octanol–water partition coefficient (Wildman–Crippen LogP) is 4.12. The minimum Gasteiger partial charge on any atom is -0.378 e. The van der Waals surface area contributed by atoms with Crippen molar-refractivity contribution in [3.05, 3.63) is 11.3 Å². The molecule has 122 valence electrons. The number of aromatic nitrogens is 1. The molecule has 0 aromatic carbocycles. The normalized spacial score (nSPS) is 21.7. The maximum absolute atomic E-state index is 12.6. The second-order valence-electron chi connectivity index (χ2n) is 7.03. The number of carbonyl (C=O) groups excluding carboxylic acids is 1.